The molecule has 1 aromatic rings. The van der Waals surface area contributed by atoms with Crippen molar-refractivity contribution in [1.82, 2.24) is 5.32 Å². The van der Waals surface area contributed by atoms with Crippen LogP contribution in [0.15, 0.2) is 22.7 Å². The van der Waals surface area contributed by atoms with Crippen molar-refractivity contribution >= 4 is 37.8 Å². The summed E-state index contributed by atoms with van der Waals surface area (Å²) < 4.78 is 13.9. The molecule has 0 fully saturated rings. The standard InChI is InChI=1S/C11H12Br2FNO/c1-2-7(6-12)15-11(16)10-8(13)4-3-5-9(10)14/h3-5,7H,2,6H2,1H3,(H,15,16). The predicted octanol–water partition coefficient (Wildman–Crippen LogP) is 3.49. The van der Waals surface area contributed by atoms with Crippen molar-refractivity contribution in [3.05, 3.63) is 34.1 Å². The fourth-order valence-electron chi connectivity index (χ4n) is 1.22. The number of benzene rings is 1. The first-order valence-electron chi connectivity index (χ1n) is 4.91. The van der Waals surface area contributed by atoms with Gasteiger partial charge in [0.1, 0.15) is 5.82 Å². The van der Waals surface area contributed by atoms with E-state index in [0.717, 1.165) is 6.42 Å². The van der Waals surface area contributed by atoms with Crippen molar-refractivity contribution in [1.29, 1.82) is 0 Å². The van der Waals surface area contributed by atoms with Gasteiger partial charge in [0.25, 0.3) is 5.91 Å². The Morgan fingerprint density at radius 1 is 1.56 bits per heavy atom. The van der Waals surface area contributed by atoms with E-state index in [0.29, 0.717) is 9.80 Å². The molecule has 88 valence electrons. The molecular weight excluding hydrogens is 341 g/mol. The number of carbonyl (C=O) groups is 1. The van der Waals surface area contributed by atoms with Gasteiger partial charge < -0.3 is 5.32 Å². The smallest absolute Gasteiger partial charge is 0.255 e. The highest BCUT2D eigenvalue weighted by Crippen LogP contribution is 2.19. The van der Waals surface area contributed by atoms with Gasteiger partial charge in [-0.05, 0) is 34.5 Å². The van der Waals surface area contributed by atoms with Crippen LogP contribution in [0.1, 0.15) is 23.7 Å². The number of rotatable bonds is 4. The fourth-order valence-corrected chi connectivity index (χ4v) is 2.36. The third-order valence-corrected chi connectivity index (χ3v) is 3.65. The maximum atomic E-state index is 13.5. The first-order chi connectivity index (χ1) is 7.60. The molecule has 2 nitrogen and oxygen atoms in total. The molecule has 1 aromatic carbocycles. The average molecular weight is 353 g/mol. The van der Waals surface area contributed by atoms with Gasteiger partial charge in [-0.1, -0.05) is 28.9 Å². The van der Waals surface area contributed by atoms with Gasteiger partial charge in [0.15, 0.2) is 0 Å². The van der Waals surface area contributed by atoms with Crippen molar-refractivity contribution in [3.63, 3.8) is 0 Å². The van der Waals surface area contributed by atoms with E-state index in [9.17, 15) is 9.18 Å². The third-order valence-electron chi connectivity index (χ3n) is 2.20. The zero-order valence-corrected chi connectivity index (χ0v) is 11.9. The first kappa shape index (κ1) is 13.6. The summed E-state index contributed by atoms with van der Waals surface area (Å²) in [6, 6.07) is 4.49. The quantitative estimate of drug-likeness (QED) is 0.825. The summed E-state index contributed by atoms with van der Waals surface area (Å²) in [5.41, 5.74) is 0.0573. The van der Waals surface area contributed by atoms with Crippen LogP contribution in [0.25, 0.3) is 0 Å². The van der Waals surface area contributed by atoms with Gasteiger partial charge in [-0.15, -0.1) is 0 Å². The minimum absolute atomic E-state index is 0.0130. The van der Waals surface area contributed by atoms with Crippen LogP contribution in [0.4, 0.5) is 4.39 Å². The van der Waals surface area contributed by atoms with Crippen LogP contribution < -0.4 is 5.32 Å². The molecule has 0 aliphatic rings. The summed E-state index contributed by atoms with van der Waals surface area (Å²) in [5, 5.41) is 3.41. The molecule has 0 aromatic heterocycles. The van der Waals surface area contributed by atoms with Crippen molar-refractivity contribution in [2.75, 3.05) is 5.33 Å². The second-order valence-corrected chi connectivity index (χ2v) is 4.83. The Hall–Kier alpha value is -0.420. The number of alkyl halides is 1. The minimum Gasteiger partial charge on any atom is -0.348 e. The van der Waals surface area contributed by atoms with Gasteiger partial charge in [-0.2, -0.15) is 0 Å². The van der Waals surface area contributed by atoms with Gasteiger partial charge >= 0.3 is 0 Å². The molecule has 0 saturated heterocycles. The molecular formula is C11H12Br2FNO. The topological polar surface area (TPSA) is 29.1 Å². The van der Waals surface area contributed by atoms with Crippen LogP contribution >= 0.6 is 31.9 Å². The number of amides is 1. The maximum Gasteiger partial charge on any atom is 0.255 e. The second kappa shape index (κ2) is 6.35. The van der Waals surface area contributed by atoms with E-state index in [1.807, 2.05) is 6.92 Å². The first-order valence-corrected chi connectivity index (χ1v) is 6.82. The van der Waals surface area contributed by atoms with Crippen molar-refractivity contribution < 1.29 is 9.18 Å². The molecule has 0 heterocycles. The summed E-state index contributed by atoms with van der Waals surface area (Å²) in [6.07, 6.45) is 0.795. The van der Waals surface area contributed by atoms with E-state index >= 15 is 0 Å². The van der Waals surface area contributed by atoms with E-state index in [1.165, 1.54) is 6.07 Å². The third kappa shape index (κ3) is 3.28. The lowest BCUT2D eigenvalue weighted by Crippen LogP contribution is -2.36. The normalized spacial score (nSPS) is 12.2. The lowest BCUT2D eigenvalue weighted by atomic mass is 10.1. The maximum absolute atomic E-state index is 13.5. The molecule has 0 radical (unpaired) electrons. The Bertz CT molecular complexity index is 360. The zero-order chi connectivity index (χ0) is 12.1. The molecule has 0 aliphatic heterocycles. The molecule has 0 saturated carbocycles. The monoisotopic (exact) mass is 351 g/mol. The van der Waals surface area contributed by atoms with Gasteiger partial charge in [0, 0.05) is 15.8 Å². The van der Waals surface area contributed by atoms with Crippen LogP contribution in [-0.2, 0) is 0 Å². The summed E-state index contributed by atoms with van der Waals surface area (Å²) in [5.74, 6) is -0.910. The predicted molar refractivity (Wildman–Crippen MR) is 69.4 cm³/mol. The van der Waals surface area contributed by atoms with Crippen molar-refractivity contribution in [2.24, 2.45) is 0 Å². The number of halogens is 3. The number of hydrogen-bond acceptors (Lipinski definition) is 1. The fraction of sp³-hybridized carbons (Fsp3) is 0.364. The molecule has 0 aliphatic carbocycles. The van der Waals surface area contributed by atoms with Gasteiger partial charge in [0.05, 0.1) is 5.56 Å². The Morgan fingerprint density at radius 3 is 2.75 bits per heavy atom. The van der Waals surface area contributed by atoms with Crippen LogP contribution in [0, 0.1) is 5.82 Å². The highest BCUT2D eigenvalue weighted by Gasteiger charge is 2.17. The van der Waals surface area contributed by atoms with E-state index < -0.39 is 11.7 Å². The van der Waals surface area contributed by atoms with Crippen molar-refractivity contribution in [2.45, 2.75) is 19.4 Å². The molecule has 1 N–H and O–H groups in total. The van der Waals surface area contributed by atoms with Crippen LogP contribution in [-0.4, -0.2) is 17.3 Å². The van der Waals surface area contributed by atoms with Gasteiger partial charge in [-0.3, -0.25) is 4.79 Å². The number of nitrogens with one attached hydrogen (secondary N) is 1. The largest absolute Gasteiger partial charge is 0.348 e. The molecule has 0 bridgehead atoms. The Kier molecular flexibility index (Phi) is 5.41. The lowest BCUT2D eigenvalue weighted by Gasteiger charge is -2.14. The molecule has 1 amide bonds. The molecule has 1 rings (SSSR count). The highest BCUT2D eigenvalue weighted by atomic mass is 79.9. The SMILES string of the molecule is CCC(CBr)NC(=O)c1c(F)cccc1Br. The molecule has 1 atom stereocenters. The van der Waals surface area contributed by atoms with Crippen molar-refractivity contribution in [3.8, 4) is 0 Å². The van der Waals surface area contributed by atoms with E-state index in [-0.39, 0.29) is 11.6 Å². The van der Waals surface area contributed by atoms with E-state index in [2.05, 4.69) is 37.2 Å². The summed E-state index contributed by atoms with van der Waals surface area (Å²) in [4.78, 5) is 11.8. The molecule has 5 heteroatoms. The Morgan fingerprint density at radius 2 is 2.25 bits per heavy atom. The lowest BCUT2D eigenvalue weighted by molar-refractivity contribution is 0.0935. The second-order valence-electron chi connectivity index (χ2n) is 3.33. The summed E-state index contributed by atoms with van der Waals surface area (Å²) >= 11 is 6.46. The van der Waals surface area contributed by atoms with Crippen LogP contribution in [0.5, 0.6) is 0 Å². The average Bonchev–Trinajstić information content (AvgIpc) is 2.25. The van der Waals surface area contributed by atoms with Gasteiger partial charge in [0.2, 0.25) is 0 Å². The molecule has 0 spiro atoms. The van der Waals surface area contributed by atoms with Crippen LogP contribution in [0.2, 0.25) is 0 Å². The molecule has 16 heavy (non-hydrogen) atoms. The van der Waals surface area contributed by atoms with E-state index in [1.54, 1.807) is 12.1 Å². The number of carbonyl (C=O) groups excluding carboxylic acids is 1. The Labute approximate surface area is 111 Å². The van der Waals surface area contributed by atoms with Gasteiger partial charge in [-0.25, -0.2) is 4.39 Å². The van der Waals surface area contributed by atoms with Crippen LogP contribution in [0.3, 0.4) is 0 Å². The summed E-state index contributed by atoms with van der Waals surface area (Å²) in [7, 11) is 0. The Balaban J connectivity index is 2.88. The minimum atomic E-state index is -0.517. The van der Waals surface area contributed by atoms with E-state index in [4.69, 9.17) is 0 Å². The molecule has 1 unspecified atom stereocenters. The summed E-state index contributed by atoms with van der Waals surface area (Å²) in [6.45, 7) is 1.96. The highest BCUT2D eigenvalue weighted by molar-refractivity contribution is 9.10. The number of hydrogen-bond donors (Lipinski definition) is 1. The zero-order valence-electron chi connectivity index (χ0n) is 8.77.